The van der Waals surface area contributed by atoms with Gasteiger partial charge in [-0.05, 0) is 40.0 Å². The number of amides is 1. The Bertz CT molecular complexity index is 785. The first-order valence-corrected chi connectivity index (χ1v) is 10.2. The van der Waals surface area contributed by atoms with E-state index >= 15 is 0 Å². The van der Waals surface area contributed by atoms with Crippen LogP contribution in [-0.2, 0) is 4.79 Å². The van der Waals surface area contributed by atoms with Gasteiger partial charge in [0.15, 0.2) is 15.8 Å². The number of thioether (sulfide) groups is 1. The average molecular weight is 460 g/mol. The second-order valence-corrected chi connectivity index (χ2v) is 7.96. The first-order valence-electron chi connectivity index (χ1n) is 7.57. The summed E-state index contributed by atoms with van der Waals surface area (Å²) in [5.74, 6) is 1.14. The maximum atomic E-state index is 11.8. The predicted octanol–water partition coefficient (Wildman–Crippen LogP) is 2.92. The molecule has 1 amide bonds. The van der Waals surface area contributed by atoms with Crippen LogP contribution in [0.3, 0.4) is 0 Å². The average Bonchev–Trinajstić information content (AvgIpc) is 3.04. The van der Waals surface area contributed by atoms with Crippen molar-refractivity contribution in [2.45, 2.75) is 17.7 Å². The molecule has 1 aromatic carbocycles. The van der Waals surface area contributed by atoms with Crippen LogP contribution in [0.4, 0.5) is 5.13 Å². The van der Waals surface area contributed by atoms with Crippen molar-refractivity contribution in [3.63, 3.8) is 0 Å². The van der Waals surface area contributed by atoms with Crippen molar-refractivity contribution in [1.29, 1.82) is 0 Å². The highest BCUT2D eigenvalue weighted by molar-refractivity contribution is 9.10. The number of carbonyl (C=O) groups is 1. The fraction of sp³-hybridized carbons (Fsp3) is 0.333. The number of hydrogen-bond donors (Lipinski definition) is 2. The summed E-state index contributed by atoms with van der Waals surface area (Å²) in [6.45, 7) is 2.62. The fourth-order valence-electron chi connectivity index (χ4n) is 1.78. The molecule has 2 rings (SSSR count). The van der Waals surface area contributed by atoms with Gasteiger partial charge in [-0.25, -0.2) is 5.43 Å². The topological polar surface area (TPSA) is 112 Å². The van der Waals surface area contributed by atoms with Crippen molar-refractivity contribution < 1.29 is 14.3 Å². The summed E-state index contributed by atoms with van der Waals surface area (Å²) < 4.78 is 12.4. The molecule has 3 N–H and O–H groups in total. The number of carbonyl (C=O) groups excluding carboxylic acids is 1. The number of nitrogen functional groups attached to an aromatic ring is 1. The molecule has 1 heterocycles. The highest BCUT2D eigenvalue weighted by Gasteiger charge is 2.11. The minimum Gasteiger partial charge on any atom is -0.493 e. The van der Waals surface area contributed by atoms with E-state index in [1.807, 2.05) is 13.0 Å². The molecule has 0 saturated heterocycles. The van der Waals surface area contributed by atoms with Crippen LogP contribution in [0.1, 0.15) is 18.9 Å². The first kappa shape index (κ1) is 20.5. The molecule has 0 radical (unpaired) electrons. The van der Waals surface area contributed by atoms with Crippen LogP contribution in [0.25, 0.3) is 0 Å². The number of benzene rings is 1. The van der Waals surface area contributed by atoms with Crippen LogP contribution in [0.2, 0.25) is 0 Å². The first-order chi connectivity index (χ1) is 12.5. The number of nitrogens with two attached hydrogens (primary N) is 1. The quantitative estimate of drug-likeness (QED) is 0.336. The molecule has 0 saturated carbocycles. The lowest BCUT2D eigenvalue weighted by Gasteiger charge is -2.12. The number of halogens is 1. The molecule has 0 atom stereocenters. The Balaban J connectivity index is 1.92. The molecule has 0 aliphatic rings. The standard InChI is InChI=1S/C15H18BrN5O3S2/c1-3-4-24-13-10(16)5-9(6-11(13)23-2)7-18-19-12(22)8-25-15-21-20-14(17)26-15/h5-7H,3-4,8H2,1-2H3,(H2,17,20)(H,19,22). The number of nitrogens with one attached hydrogen (secondary N) is 1. The maximum absolute atomic E-state index is 11.8. The lowest BCUT2D eigenvalue weighted by Crippen LogP contribution is -2.19. The summed E-state index contributed by atoms with van der Waals surface area (Å²) in [4.78, 5) is 11.8. The summed E-state index contributed by atoms with van der Waals surface area (Å²) in [5, 5.41) is 11.8. The molecule has 140 valence electrons. The molecule has 26 heavy (non-hydrogen) atoms. The van der Waals surface area contributed by atoms with Gasteiger partial charge in [-0.3, -0.25) is 4.79 Å². The highest BCUT2D eigenvalue weighted by Crippen LogP contribution is 2.36. The number of hydrazone groups is 1. The van der Waals surface area contributed by atoms with Gasteiger partial charge >= 0.3 is 0 Å². The minimum absolute atomic E-state index is 0.169. The smallest absolute Gasteiger partial charge is 0.250 e. The van der Waals surface area contributed by atoms with Crippen LogP contribution in [0.15, 0.2) is 26.0 Å². The summed E-state index contributed by atoms with van der Waals surface area (Å²) in [7, 11) is 1.57. The third-order valence-corrected chi connectivity index (χ3v) is 5.33. The maximum Gasteiger partial charge on any atom is 0.250 e. The highest BCUT2D eigenvalue weighted by atomic mass is 79.9. The Morgan fingerprint density at radius 3 is 2.96 bits per heavy atom. The minimum atomic E-state index is -0.256. The van der Waals surface area contributed by atoms with Crippen LogP contribution < -0.4 is 20.6 Å². The zero-order valence-corrected chi connectivity index (χ0v) is 17.4. The molecule has 2 aromatic rings. The van der Waals surface area contributed by atoms with Gasteiger partial charge in [-0.15, -0.1) is 10.2 Å². The number of rotatable bonds is 9. The molecule has 0 unspecified atom stereocenters. The zero-order valence-electron chi connectivity index (χ0n) is 14.2. The fourth-order valence-corrected chi connectivity index (χ4v) is 3.78. The lowest BCUT2D eigenvalue weighted by molar-refractivity contribution is -0.118. The SMILES string of the molecule is CCCOc1c(Br)cc(C=NNC(=O)CSc2nnc(N)s2)cc1OC. The van der Waals surface area contributed by atoms with E-state index in [0.717, 1.165) is 16.5 Å². The molecule has 8 nitrogen and oxygen atoms in total. The third-order valence-electron chi connectivity index (χ3n) is 2.85. The van der Waals surface area contributed by atoms with E-state index in [9.17, 15) is 4.79 Å². The van der Waals surface area contributed by atoms with Crippen LogP contribution in [-0.4, -0.2) is 41.8 Å². The van der Waals surface area contributed by atoms with Gasteiger partial charge in [0, 0.05) is 0 Å². The van der Waals surface area contributed by atoms with Crippen LogP contribution in [0.5, 0.6) is 11.5 Å². The number of hydrogen-bond acceptors (Lipinski definition) is 9. The van der Waals surface area contributed by atoms with E-state index < -0.39 is 0 Å². The van der Waals surface area contributed by atoms with Crippen molar-refractivity contribution >= 4 is 56.3 Å². The van der Waals surface area contributed by atoms with E-state index in [0.29, 0.717) is 27.6 Å². The Morgan fingerprint density at radius 1 is 1.50 bits per heavy atom. The number of ether oxygens (including phenoxy) is 2. The lowest BCUT2D eigenvalue weighted by atomic mass is 10.2. The van der Waals surface area contributed by atoms with E-state index in [4.69, 9.17) is 15.2 Å². The van der Waals surface area contributed by atoms with Crippen LogP contribution >= 0.6 is 39.0 Å². The molecule has 0 spiro atoms. The normalized spacial score (nSPS) is 10.9. The Labute approximate surface area is 167 Å². The molecule has 11 heteroatoms. The molecule has 0 aliphatic carbocycles. The van der Waals surface area contributed by atoms with E-state index in [1.54, 1.807) is 13.2 Å². The Kier molecular flexibility index (Phi) is 8.13. The Hall–Kier alpha value is -1.85. The Morgan fingerprint density at radius 2 is 2.31 bits per heavy atom. The number of aromatic nitrogens is 2. The van der Waals surface area contributed by atoms with Gasteiger partial charge in [0.1, 0.15) is 0 Å². The second kappa shape index (κ2) is 10.3. The van der Waals surface area contributed by atoms with Crippen LogP contribution in [0, 0.1) is 0 Å². The zero-order chi connectivity index (χ0) is 18.9. The number of methoxy groups -OCH3 is 1. The molecule has 0 aliphatic heterocycles. The largest absolute Gasteiger partial charge is 0.493 e. The van der Waals surface area contributed by atoms with Gasteiger partial charge in [0.25, 0.3) is 5.91 Å². The molecular formula is C15H18BrN5O3S2. The summed E-state index contributed by atoms with van der Waals surface area (Å²) >= 11 is 5.94. The summed E-state index contributed by atoms with van der Waals surface area (Å²) in [6.07, 6.45) is 2.43. The van der Waals surface area contributed by atoms with Gasteiger partial charge in [0.05, 0.1) is 30.2 Å². The predicted molar refractivity (Wildman–Crippen MR) is 107 cm³/mol. The van der Waals surface area contributed by atoms with Crippen molar-refractivity contribution in [3.05, 3.63) is 22.2 Å². The monoisotopic (exact) mass is 459 g/mol. The van der Waals surface area contributed by atoms with E-state index in [1.165, 1.54) is 29.3 Å². The van der Waals surface area contributed by atoms with Crippen molar-refractivity contribution in [2.75, 3.05) is 25.2 Å². The molecular weight excluding hydrogens is 442 g/mol. The second-order valence-electron chi connectivity index (χ2n) is 4.87. The van der Waals surface area contributed by atoms with Crippen molar-refractivity contribution in [3.8, 4) is 11.5 Å². The summed E-state index contributed by atoms with van der Waals surface area (Å²) in [6, 6.07) is 3.62. The van der Waals surface area contributed by atoms with Gasteiger partial charge in [0.2, 0.25) is 5.13 Å². The number of nitrogens with zero attached hydrogens (tertiary/aromatic N) is 3. The third kappa shape index (κ3) is 6.15. The van der Waals surface area contributed by atoms with E-state index in [-0.39, 0.29) is 11.7 Å². The number of anilines is 1. The van der Waals surface area contributed by atoms with Crippen molar-refractivity contribution in [2.24, 2.45) is 5.10 Å². The molecule has 0 fully saturated rings. The van der Waals surface area contributed by atoms with Crippen molar-refractivity contribution in [1.82, 2.24) is 15.6 Å². The molecule has 0 bridgehead atoms. The van der Waals surface area contributed by atoms with Gasteiger partial charge < -0.3 is 15.2 Å². The van der Waals surface area contributed by atoms with Gasteiger partial charge in [-0.2, -0.15) is 5.10 Å². The van der Waals surface area contributed by atoms with Gasteiger partial charge in [-0.1, -0.05) is 30.0 Å². The summed E-state index contributed by atoms with van der Waals surface area (Å²) in [5.41, 5.74) is 8.70. The van der Waals surface area contributed by atoms with E-state index in [2.05, 4.69) is 36.7 Å². The molecule has 1 aromatic heterocycles.